The summed E-state index contributed by atoms with van der Waals surface area (Å²) in [4.78, 5) is 20.8. The first-order valence-electron chi connectivity index (χ1n) is 10.1. The van der Waals surface area contributed by atoms with Gasteiger partial charge in [-0.1, -0.05) is 6.07 Å². The predicted molar refractivity (Wildman–Crippen MR) is 122 cm³/mol. The Morgan fingerprint density at radius 3 is 2.85 bits per heavy atom. The molecule has 0 atom stereocenters. The zero-order valence-electron chi connectivity index (χ0n) is 17.8. The summed E-state index contributed by atoms with van der Waals surface area (Å²) in [6.45, 7) is 1.74. The number of nitriles is 1. The maximum Gasteiger partial charge on any atom is 0.255 e. The number of fused-ring (bicyclic) bond motifs is 1. The Hall–Kier alpha value is -5.11. The first-order chi connectivity index (χ1) is 16.4. The largest absolute Gasteiger partial charge is 0.381 e. The van der Waals surface area contributed by atoms with Crippen molar-refractivity contribution < 1.29 is 9.18 Å². The van der Waals surface area contributed by atoms with Gasteiger partial charge in [-0.15, -0.1) is 0 Å². The van der Waals surface area contributed by atoms with E-state index in [1.54, 1.807) is 52.9 Å². The summed E-state index contributed by atoms with van der Waals surface area (Å²) in [6, 6.07) is 11.0. The Morgan fingerprint density at radius 2 is 2.03 bits per heavy atom. The first-order valence-corrected chi connectivity index (χ1v) is 10.1. The number of aryl methyl sites for hydroxylation is 1. The van der Waals surface area contributed by atoms with Gasteiger partial charge in [-0.2, -0.15) is 15.5 Å². The summed E-state index contributed by atoms with van der Waals surface area (Å²) in [5.41, 5.74) is 9.38. The van der Waals surface area contributed by atoms with Gasteiger partial charge in [-0.25, -0.2) is 23.6 Å². The molecular weight excluding hydrogens is 437 g/mol. The minimum Gasteiger partial charge on any atom is -0.381 e. The number of carbonyl (C=O) groups excluding carboxylic acids is 1. The van der Waals surface area contributed by atoms with E-state index in [1.165, 1.54) is 24.5 Å². The van der Waals surface area contributed by atoms with Crippen LogP contribution in [0.1, 0.15) is 21.5 Å². The van der Waals surface area contributed by atoms with Crippen molar-refractivity contribution in [3.63, 3.8) is 0 Å². The first kappa shape index (κ1) is 20.8. The van der Waals surface area contributed by atoms with Crippen molar-refractivity contribution in [1.29, 1.82) is 5.26 Å². The number of anilines is 2. The monoisotopic (exact) mass is 453 g/mol. The number of carbonyl (C=O) groups is 1. The molecule has 0 bridgehead atoms. The van der Waals surface area contributed by atoms with Crippen LogP contribution in [-0.2, 0) is 0 Å². The zero-order chi connectivity index (χ0) is 23.8. The molecule has 34 heavy (non-hydrogen) atoms. The third-order valence-corrected chi connectivity index (χ3v) is 5.24. The smallest absolute Gasteiger partial charge is 0.255 e. The topological polar surface area (TPSA) is 140 Å². The van der Waals surface area contributed by atoms with Crippen LogP contribution in [-0.4, -0.2) is 35.3 Å². The van der Waals surface area contributed by atoms with Gasteiger partial charge in [-0.05, 0) is 42.8 Å². The molecule has 10 nitrogen and oxygen atoms in total. The minimum absolute atomic E-state index is 0.0136. The molecule has 0 radical (unpaired) electrons. The standard InChI is InChI=1S/C23H16FN9O/c1-13-5-17(24)18(31-23(34)15-4-2-3-14(6-15)8-25)7-19(13)32-11-16(9-29-32)20-10-27-22-21(26)28-12-30-33(20)22/h2-7,9-12H,1H3,(H,31,34)(H2,26,28,30). The van der Waals surface area contributed by atoms with Crippen molar-refractivity contribution in [1.82, 2.24) is 29.4 Å². The Balaban J connectivity index is 1.49. The average molecular weight is 453 g/mol. The Labute approximate surface area is 192 Å². The van der Waals surface area contributed by atoms with Gasteiger partial charge in [0.2, 0.25) is 0 Å². The number of imidazole rings is 1. The number of benzene rings is 2. The van der Waals surface area contributed by atoms with Crippen LogP contribution >= 0.6 is 0 Å². The second kappa shape index (κ2) is 8.10. The van der Waals surface area contributed by atoms with E-state index in [4.69, 9.17) is 11.0 Å². The number of aromatic nitrogens is 6. The maximum atomic E-state index is 14.7. The summed E-state index contributed by atoms with van der Waals surface area (Å²) in [7, 11) is 0. The number of amides is 1. The van der Waals surface area contributed by atoms with Crippen molar-refractivity contribution in [2.45, 2.75) is 6.92 Å². The molecule has 5 rings (SSSR count). The highest BCUT2D eigenvalue weighted by Crippen LogP contribution is 2.26. The predicted octanol–water partition coefficient (Wildman–Crippen LogP) is 3.13. The van der Waals surface area contributed by atoms with E-state index in [0.717, 1.165) is 0 Å². The highest BCUT2D eigenvalue weighted by Gasteiger charge is 2.16. The van der Waals surface area contributed by atoms with E-state index in [9.17, 15) is 9.18 Å². The molecule has 11 heteroatoms. The lowest BCUT2D eigenvalue weighted by molar-refractivity contribution is 0.102. The van der Waals surface area contributed by atoms with E-state index in [2.05, 4.69) is 25.5 Å². The van der Waals surface area contributed by atoms with Crippen molar-refractivity contribution >= 4 is 23.1 Å². The van der Waals surface area contributed by atoms with Gasteiger partial charge in [0.15, 0.2) is 11.5 Å². The highest BCUT2D eigenvalue weighted by molar-refractivity contribution is 6.04. The molecule has 5 aromatic rings. The molecule has 0 fully saturated rings. The zero-order valence-corrected chi connectivity index (χ0v) is 17.8. The molecule has 0 saturated heterocycles. The maximum absolute atomic E-state index is 14.7. The van der Waals surface area contributed by atoms with Gasteiger partial charge in [-0.3, -0.25) is 4.79 Å². The number of hydrogen-bond donors (Lipinski definition) is 2. The highest BCUT2D eigenvalue weighted by atomic mass is 19.1. The Kier molecular flexibility index (Phi) is 4.95. The van der Waals surface area contributed by atoms with Crippen LogP contribution in [0.2, 0.25) is 0 Å². The number of nitrogen functional groups attached to an aromatic ring is 1. The van der Waals surface area contributed by atoms with E-state index in [0.29, 0.717) is 33.7 Å². The fourth-order valence-corrected chi connectivity index (χ4v) is 3.55. The molecule has 0 unspecified atom stereocenters. The van der Waals surface area contributed by atoms with E-state index < -0.39 is 11.7 Å². The lowest BCUT2D eigenvalue weighted by Crippen LogP contribution is -2.14. The normalized spacial score (nSPS) is 10.9. The van der Waals surface area contributed by atoms with Crippen molar-refractivity contribution in [2.24, 2.45) is 0 Å². The number of nitrogens with zero attached hydrogens (tertiary/aromatic N) is 7. The molecule has 1 amide bonds. The van der Waals surface area contributed by atoms with Crippen LogP contribution in [0.15, 0.2) is 61.3 Å². The summed E-state index contributed by atoms with van der Waals surface area (Å²) in [5.74, 6) is -0.869. The third-order valence-electron chi connectivity index (χ3n) is 5.24. The molecule has 3 heterocycles. The van der Waals surface area contributed by atoms with Gasteiger partial charge in [0.1, 0.15) is 12.1 Å². The molecule has 2 aromatic carbocycles. The number of rotatable bonds is 4. The van der Waals surface area contributed by atoms with Crippen LogP contribution in [0.25, 0.3) is 22.6 Å². The Morgan fingerprint density at radius 1 is 1.18 bits per heavy atom. The van der Waals surface area contributed by atoms with Crippen molar-refractivity contribution in [2.75, 3.05) is 11.1 Å². The van der Waals surface area contributed by atoms with E-state index >= 15 is 0 Å². The fourth-order valence-electron chi connectivity index (χ4n) is 3.55. The lowest BCUT2D eigenvalue weighted by Gasteiger charge is -2.12. The second-order valence-corrected chi connectivity index (χ2v) is 7.46. The molecule has 3 N–H and O–H groups in total. The second-order valence-electron chi connectivity index (χ2n) is 7.46. The minimum atomic E-state index is -0.590. The van der Waals surface area contributed by atoms with Crippen LogP contribution in [0.3, 0.4) is 0 Å². The molecule has 166 valence electrons. The number of nitrogens with two attached hydrogens (primary N) is 1. The van der Waals surface area contributed by atoms with Gasteiger partial charge >= 0.3 is 0 Å². The molecule has 0 aliphatic carbocycles. The van der Waals surface area contributed by atoms with Crippen LogP contribution < -0.4 is 11.1 Å². The molecule has 0 spiro atoms. The summed E-state index contributed by atoms with van der Waals surface area (Å²) in [6.07, 6.45) is 6.31. The van der Waals surface area contributed by atoms with E-state index in [1.807, 2.05) is 6.07 Å². The molecule has 0 saturated carbocycles. The quantitative estimate of drug-likeness (QED) is 0.426. The van der Waals surface area contributed by atoms with Gasteiger partial charge in [0, 0.05) is 17.3 Å². The molecule has 0 aliphatic rings. The van der Waals surface area contributed by atoms with Crippen LogP contribution in [0, 0.1) is 24.1 Å². The number of hydrogen-bond acceptors (Lipinski definition) is 7. The van der Waals surface area contributed by atoms with Crippen molar-refractivity contribution in [3.05, 3.63) is 83.8 Å². The van der Waals surface area contributed by atoms with Crippen molar-refractivity contribution in [3.8, 4) is 23.0 Å². The third kappa shape index (κ3) is 3.59. The summed E-state index contributed by atoms with van der Waals surface area (Å²) in [5, 5.41) is 20.2. The van der Waals surface area contributed by atoms with Gasteiger partial charge in [0.25, 0.3) is 5.91 Å². The van der Waals surface area contributed by atoms with E-state index in [-0.39, 0.29) is 17.1 Å². The Bertz CT molecular complexity index is 1610. The summed E-state index contributed by atoms with van der Waals surface area (Å²) < 4.78 is 17.8. The molecular formula is C23H16FN9O. The lowest BCUT2D eigenvalue weighted by atomic mass is 10.1. The van der Waals surface area contributed by atoms with Crippen LogP contribution in [0.4, 0.5) is 15.9 Å². The SMILES string of the molecule is Cc1cc(F)c(NC(=O)c2cccc(C#N)c2)cc1-n1cc(-c2cnc3c(N)ncnn23)cn1. The average Bonchev–Trinajstić information content (AvgIpc) is 3.49. The number of nitrogens with one attached hydrogen (secondary N) is 1. The van der Waals surface area contributed by atoms with Crippen LogP contribution in [0.5, 0.6) is 0 Å². The fraction of sp³-hybridized carbons (Fsp3) is 0.0435. The molecule has 0 aliphatic heterocycles. The van der Waals surface area contributed by atoms with Gasteiger partial charge in [0.05, 0.1) is 41.1 Å². The number of halogens is 1. The van der Waals surface area contributed by atoms with Gasteiger partial charge < -0.3 is 11.1 Å². The molecule has 3 aromatic heterocycles. The summed E-state index contributed by atoms with van der Waals surface area (Å²) >= 11 is 0.